The molecule has 0 amide bonds. The number of aromatic nitrogens is 2. The second kappa shape index (κ2) is 6.02. The molecule has 0 radical (unpaired) electrons. The van der Waals surface area contributed by atoms with Crippen LogP contribution >= 0.6 is 15.9 Å². The largest absolute Gasteiger partial charge is 0.491 e. The normalized spacial score (nSPS) is 12.4. The molecule has 0 aliphatic carbocycles. The third-order valence-electron chi connectivity index (χ3n) is 2.63. The van der Waals surface area contributed by atoms with Crippen LogP contribution in [-0.4, -0.2) is 16.2 Å². The maximum absolute atomic E-state index is 5.92. The van der Waals surface area contributed by atoms with E-state index < -0.39 is 0 Å². The molecule has 1 atom stereocenters. The summed E-state index contributed by atoms with van der Waals surface area (Å²) in [7, 11) is 0. The number of benzene rings is 1. The van der Waals surface area contributed by atoms with Crippen LogP contribution in [0.3, 0.4) is 0 Å². The molecule has 96 valence electrons. The molecule has 0 aliphatic rings. The van der Waals surface area contributed by atoms with Crippen LogP contribution in [0.25, 0.3) is 0 Å². The maximum atomic E-state index is 5.92. The van der Waals surface area contributed by atoms with Crippen molar-refractivity contribution in [2.75, 3.05) is 6.61 Å². The van der Waals surface area contributed by atoms with Crippen molar-refractivity contribution in [3.05, 3.63) is 47.0 Å². The van der Waals surface area contributed by atoms with Gasteiger partial charge in [-0.25, -0.2) is 4.98 Å². The third kappa shape index (κ3) is 3.34. The Morgan fingerprint density at radius 3 is 3.00 bits per heavy atom. The molecule has 1 heterocycles. The molecular formula is C13H16BrN3O. The highest BCUT2D eigenvalue weighted by molar-refractivity contribution is 9.10. The van der Waals surface area contributed by atoms with Gasteiger partial charge in [0.15, 0.2) is 0 Å². The van der Waals surface area contributed by atoms with Crippen molar-refractivity contribution in [2.45, 2.75) is 19.5 Å². The molecule has 2 N–H and O–H groups in total. The van der Waals surface area contributed by atoms with E-state index in [0.717, 1.165) is 22.3 Å². The van der Waals surface area contributed by atoms with Gasteiger partial charge in [0.2, 0.25) is 0 Å². The van der Waals surface area contributed by atoms with Crippen molar-refractivity contribution >= 4 is 15.9 Å². The molecular weight excluding hydrogens is 294 g/mol. The Morgan fingerprint density at radius 2 is 2.33 bits per heavy atom. The van der Waals surface area contributed by atoms with Crippen LogP contribution in [0.4, 0.5) is 0 Å². The van der Waals surface area contributed by atoms with Crippen molar-refractivity contribution in [1.82, 2.24) is 9.55 Å². The monoisotopic (exact) mass is 309 g/mol. The molecule has 0 spiro atoms. The highest BCUT2D eigenvalue weighted by Crippen LogP contribution is 2.27. The van der Waals surface area contributed by atoms with Crippen molar-refractivity contribution in [1.29, 1.82) is 0 Å². The minimum Gasteiger partial charge on any atom is -0.491 e. The summed E-state index contributed by atoms with van der Waals surface area (Å²) < 4.78 is 8.76. The van der Waals surface area contributed by atoms with Crippen LogP contribution in [0.2, 0.25) is 0 Å². The molecule has 4 nitrogen and oxygen atoms in total. The number of nitrogens with two attached hydrogens (primary N) is 1. The van der Waals surface area contributed by atoms with Crippen molar-refractivity contribution in [3.8, 4) is 5.75 Å². The quantitative estimate of drug-likeness (QED) is 0.924. The highest BCUT2D eigenvalue weighted by Gasteiger charge is 2.08. The van der Waals surface area contributed by atoms with Gasteiger partial charge >= 0.3 is 0 Å². The lowest BCUT2D eigenvalue weighted by atomic mass is 10.1. The fourth-order valence-electron chi connectivity index (χ4n) is 1.69. The van der Waals surface area contributed by atoms with Crippen molar-refractivity contribution in [3.63, 3.8) is 0 Å². The first-order valence-corrected chi connectivity index (χ1v) is 6.59. The Hall–Kier alpha value is -1.33. The van der Waals surface area contributed by atoms with Gasteiger partial charge in [0.1, 0.15) is 12.4 Å². The van der Waals surface area contributed by atoms with E-state index >= 15 is 0 Å². The average Bonchev–Trinajstić information content (AvgIpc) is 2.82. The van der Waals surface area contributed by atoms with Gasteiger partial charge in [0.25, 0.3) is 0 Å². The lowest BCUT2D eigenvalue weighted by Crippen LogP contribution is -2.11. The first-order valence-electron chi connectivity index (χ1n) is 5.80. The molecule has 1 aromatic heterocycles. The molecule has 0 saturated carbocycles. The topological polar surface area (TPSA) is 53.1 Å². The van der Waals surface area contributed by atoms with E-state index in [0.29, 0.717) is 6.61 Å². The number of nitrogens with zero attached hydrogens (tertiary/aromatic N) is 2. The summed E-state index contributed by atoms with van der Waals surface area (Å²) in [6.07, 6.45) is 5.44. The fraction of sp³-hybridized carbons (Fsp3) is 0.308. The molecule has 0 bridgehead atoms. The number of hydrogen-bond donors (Lipinski definition) is 1. The van der Waals surface area contributed by atoms with E-state index in [-0.39, 0.29) is 6.04 Å². The Morgan fingerprint density at radius 1 is 1.50 bits per heavy atom. The van der Waals surface area contributed by atoms with Crippen LogP contribution in [0.1, 0.15) is 18.5 Å². The van der Waals surface area contributed by atoms with Crippen LogP contribution in [0.15, 0.2) is 41.4 Å². The molecule has 2 aromatic rings. The van der Waals surface area contributed by atoms with Crippen molar-refractivity contribution < 1.29 is 4.74 Å². The van der Waals surface area contributed by atoms with E-state index in [9.17, 15) is 0 Å². The fourth-order valence-corrected chi connectivity index (χ4v) is 2.03. The molecule has 18 heavy (non-hydrogen) atoms. The lowest BCUT2D eigenvalue weighted by molar-refractivity contribution is 0.294. The Balaban J connectivity index is 2.01. The molecule has 0 unspecified atom stereocenters. The number of rotatable bonds is 5. The van der Waals surface area contributed by atoms with Gasteiger partial charge in [0.05, 0.1) is 12.9 Å². The van der Waals surface area contributed by atoms with Gasteiger partial charge in [-0.3, -0.25) is 0 Å². The van der Waals surface area contributed by atoms with Crippen LogP contribution in [0.5, 0.6) is 5.75 Å². The van der Waals surface area contributed by atoms with Crippen molar-refractivity contribution in [2.24, 2.45) is 5.73 Å². The standard InChI is InChI=1S/C13H16BrN3O/c1-10(15)12-3-2-11(14)8-13(12)18-7-6-17-5-4-16-9-17/h2-5,8-10H,6-7,15H2,1H3/t10-/m0/s1. The summed E-state index contributed by atoms with van der Waals surface area (Å²) >= 11 is 3.44. The van der Waals surface area contributed by atoms with Gasteiger partial charge in [-0.2, -0.15) is 0 Å². The second-order valence-electron chi connectivity index (χ2n) is 4.12. The number of ether oxygens (including phenoxy) is 1. The van der Waals surface area contributed by atoms with Gasteiger partial charge < -0.3 is 15.0 Å². The number of halogens is 1. The smallest absolute Gasteiger partial charge is 0.125 e. The molecule has 1 aromatic carbocycles. The minimum atomic E-state index is -0.0404. The summed E-state index contributed by atoms with van der Waals surface area (Å²) in [6.45, 7) is 3.31. The van der Waals surface area contributed by atoms with E-state index in [1.54, 1.807) is 12.5 Å². The number of hydrogen-bond acceptors (Lipinski definition) is 3. The summed E-state index contributed by atoms with van der Waals surface area (Å²) in [4.78, 5) is 3.99. The van der Waals surface area contributed by atoms with E-state index in [1.807, 2.05) is 35.9 Å². The molecule has 0 saturated heterocycles. The number of imidazole rings is 1. The van der Waals surface area contributed by atoms with Crippen LogP contribution in [0, 0.1) is 0 Å². The minimum absolute atomic E-state index is 0.0404. The van der Waals surface area contributed by atoms with E-state index in [4.69, 9.17) is 10.5 Å². The summed E-state index contributed by atoms with van der Waals surface area (Å²) in [6, 6.07) is 5.87. The zero-order valence-electron chi connectivity index (χ0n) is 10.2. The van der Waals surface area contributed by atoms with E-state index in [2.05, 4.69) is 20.9 Å². The maximum Gasteiger partial charge on any atom is 0.125 e. The first-order chi connectivity index (χ1) is 8.66. The average molecular weight is 310 g/mol. The first kappa shape index (κ1) is 13.1. The SMILES string of the molecule is C[C@H](N)c1ccc(Br)cc1OCCn1ccnc1. The highest BCUT2D eigenvalue weighted by atomic mass is 79.9. The summed E-state index contributed by atoms with van der Waals surface area (Å²) in [5.74, 6) is 0.833. The van der Waals surface area contributed by atoms with E-state index in [1.165, 1.54) is 0 Å². The zero-order valence-corrected chi connectivity index (χ0v) is 11.8. The summed E-state index contributed by atoms with van der Waals surface area (Å²) in [5, 5.41) is 0. The molecule has 5 heteroatoms. The predicted octanol–water partition coefficient (Wildman–Crippen LogP) is 2.74. The molecule has 2 rings (SSSR count). The third-order valence-corrected chi connectivity index (χ3v) is 3.13. The Kier molecular flexibility index (Phi) is 4.38. The lowest BCUT2D eigenvalue weighted by Gasteiger charge is -2.14. The van der Waals surface area contributed by atoms with Gasteiger partial charge in [0, 0.05) is 28.5 Å². The van der Waals surface area contributed by atoms with Gasteiger partial charge in [-0.1, -0.05) is 22.0 Å². The van der Waals surface area contributed by atoms with Crippen LogP contribution < -0.4 is 10.5 Å². The Bertz CT molecular complexity index is 497. The molecule has 0 fully saturated rings. The van der Waals surface area contributed by atoms with Gasteiger partial charge in [-0.05, 0) is 19.1 Å². The molecule has 0 aliphatic heterocycles. The summed E-state index contributed by atoms with van der Waals surface area (Å²) in [5.41, 5.74) is 6.94. The van der Waals surface area contributed by atoms with Gasteiger partial charge in [-0.15, -0.1) is 0 Å². The predicted molar refractivity (Wildman–Crippen MR) is 74.5 cm³/mol. The second-order valence-corrected chi connectivity index (χ2v) is 5.04. The zero-order chi connectivity index (χ0) is 13.0. The van der Waals surface area contributed by atoms with Crippen LogP contribution in [-0.2, 0) is 6.54 Å². The Labute approximate surface area is 115 Å².